The van der Waals surface area contributed by atoms with Crippen molar-refractivity contribution in [1.82, 2.24) is 20.1 Å². The van der Waals surface area contributed by atoms with E-state index in [1.807, 2.05) is 28.0 Å². The van der Waals surface area contributed by atoms with Gasteiger partial charge in [-0.25, -0.2) is 4.98 Å². The highest BCUT2D eigenvalue weighted by molar-refractivity contribution is 7.18. The number of aromatic nitrogens is 1. The minimum atomic E-state index is 0.163. The van der Waals surface area contributed by atoms with E-state index in [1.54, 1.807) is 11.3 Å². The molecule has 27 heavy (non-hydrogen) atoms. The number of para-hydroxylation sites is 1. The number of piperidine rings is 1. The Morgan fingerprint density at radius 1 is 1.30 bits per heavy atom. The third-order valence-corrected chi connectivity index (χ3v) is 6.53. The van der Waals surface area contributed by atoms with Crippen LogP contribution in [0.15, 0.2) is 24.3 Å². The Hall–Kier alpha value is -1.99. The fourth-order valence-corrected chi connectivity index (χ4v) is 5.03. The molecular formula is C20H26N4O2S. The van der Waals surface area contributed by atoms with Gasteiger partial charge in [-0.2, -0.15) is 0 Å². The SMILES string of the molecule is O=C(CCCc1nc2ccccc2s1)N1CCCC(N2CCNCC2=O)C1. The van der Waals surface area contributed by atoms with Gasteiger partial charge in [0.1, 0.15) is 0 Å². The molecule has 1 N–H and O–H groups in total. The van der Waals surface area contributed by atoms with Crippen molar-refractivity contribution < 1.29 is 9.59 Å². The summed E-state index contributed by atoms with van der Waals surface area (Å²) in [6.07, 6.45) is 4.20. The molecule has 0 saturated carbocycles. The van der Waals surface area contributed by atoms with Crippen LogP contribution in [0.1, 0.15) is 30.7 Å². The third kappa shape index (κ3) is 4.30. The average molecular weight is 387 g/mol. The maximum atomic E-state index is 12.7. The second-order valence-electron chi connectivity index (χ2n) is 7.33. The molecule has 4 rings (SSSR count). The smallest absolute Gasteiger partial charge is 0.236 e. The summed E-state index contributed by atoms with van der Waals surface area (Å²) < 4.78 is 1.21. The summed E-state index contributed by atoms with van der Waals surface area (Å²) in [6.45, 7) is 3.52. The Kier molecular flexibility index (Phi) is 5.69. The molecule has 2 aromatic rings. The van der Waals surface area contributed by atoms with Crippen molar-refractivity contribution in [1.29, 1.82) is 0 Å². The van der Waals surface area contributed by atoms with Crippen LogP contribution in [0.25, 0.3) is 10.2 Å². The highest BCUT2D eigenvalue weighted by Gasteiger charge is 2.31. The number of amides is 2. The minimum absolute atomic E-state index is 0.163. The van der Waals surface area contributed by atoms with Crippen LogP contribution in [-0.2, 0) is 16.0 Å². The van der Waals surface area contributed by atoms with E-state index in [2.05, 4.69) is 16.4 Å². The molecule has 6 nitrogen and oxygen atoms in total. The maximum absolute atomic E-state index is 12.7. The second kappa shape index (κ2) is 8.35. The van der Waals surface area contributed by atoms with Gasteiger partial charge >= 0.3 is 0 Å². The molecule has 7 heteroatoms. The van der Waals surface area contributed by atoms with Crippen LogP contribution in [-0.4, -0.2) is 65.4 Å². The zero-order valence-corrected chi connectivity index (χ0v) is 16.3. The highest BCUT2D eigenvalue weighted by atomic mass is 32.1. The van der Waals surface area contributed by atoms with E-state index in [4.69, 9.17) is 0 Å². The quantitative estimate of drug-likeness (QED) is 0.854. The van der Waals surface area contributed by atoms with Gasteiger partial charge in [-0.05, 0) is 37.8 Å². The number of fused-ring (bicyclic) bond motifs is 1. The Bertz CT molecular complexity index is 788. The number of nitrogens with one attached hydrogen (secondary N) is 1. The van der Waals surface area contributed by atoms with Crippen molar-refractivity contribution in [2.45, 2.75) is 38.1 Å². The van der Waals surface area contributed by atoms with Crippen LogP contribution in [0.4, 0.5) is 0 Å². The molecule has 1 aromatic heterocycles. The Morgan fingerprint density at radius 2 is 2.19 bits per heavy atom. The van der Waals surface area contributed by atoms with E-state index in [0.29, 0.717) is 19.5 Å². The number of rotatable bonds is 5. The van der Waals surface area contributed by atoms with E-state index in [0.717, 1.165) is 55.8 Å². The first-order valence-electron chi connectivity index (χ1n) is 9.83. The molecule has 2 aliphatic heterocycles. The van der Waals surface area contributed by atoms with Crippen LogP contribution < -0.4 is 5.32 Å². The second-order valence-corrected chi connectivity index (χ2v) is 8.44. The Labute approximate surface area is 163 Å². The lowest BCUT2D eigenvalue weighted by Crippen LogP contribution is -2.57. The van der Waals surface area contributed by atoms with Crippen LogP contribution in [0.3, 0.4) is 0 Å². The molecule has 0 aliphatic carbocycles. The molecule has 1 atom stereocenters. The molecule has 1 aromatic carbocycles. The average Bonchev–Trinajstić information content (AvgIpc) is 3.11. The van der Waals surface area contributed by atoms with E-state index in [-0.39, 0.29) is 17.9 Å². The Morgan fingerprint density at radius 3 is 3.04 bits per heavy atom. The van der Waals surface area contributed by atoms with Gasteiger partial charge in [-0.1, -0.05) is 12.1 Å². The van der Waals surface area contributed by atoms with E-state index >= 15 is 0 Å². The number of aryl methyl sites for hydroxylation is 1. The standard InChI is InChI=1S/C20H26N4O2S/c25-19(9-3-8-18-22-16-6-1-2-7-17(16)27-18)23-11-4-5-15(14-23)24-12-10-21-13-20(24)26/h1-2,6-7,15,21H,3-5,8-14H2. The molecule has 0 bridgehead atoms. The molecule has 0 spiro atoms. The molecule has 2 saturated heterocycles. The van der Waals surface area contributed by atoms with Gasteiger partial charge in [-0.3, -0.25) is 9.59 Å². The van der Waals surface area contributed by atoms with Crippen molar-refractivity contribution >= 4 is 33.4 Å². The lowest BCUT2D eigenvalue weighted by Gasteiger charge is -2.41. The number of carbonyl (C=O) groups excluding carboxylic acids is 2. The summed E-state index contributed by atoms with van der Waals surface area (Å²) in [6, 6.07) is 8.34. The van der Waals surface area contributed by atoms with Gasteiger partial charge in [0, 0.05) is 38.6 Å². The maximum Gasteiger partial charge on any atom is 0.236 e. The van der Waals surface area contributed by atoms with Crippen LogP contribution in [0.5, 0.6) is 0 Å². The largest absolute Gasteiger partial charge is 0.341 e. The molecule has 2 fully saturated rings. The van der Waals surface area contributed by atoms with Gasteiger partial charge in [0.05, 0.1) is 21.8 Å². The van der Waals surface area contributed by atoms with Gasteiger partial charge in [-0.15, -0.1) is 11.3 Å². The first-order valence-corrected chi connectivity index (χ1v) is 10.6. The third-order valence-electron chi connectivity index (χ3n) is 5.44. The lowest BCUT2D eigenvalue weighted by molar-refractivity contribution is -0.140. The van der Waals surface area contributed by atoms with Crippen LogP contribution in [0, 0.1) is 0 Å². The summed E-state index contributed by atoms with van der Waals surface area (Å²) in [5.74, 6) is 0.375. The number of piperazine rings is 1. The van der Waals surface area contributed by atoms with Crippen molar-refractivity contribution in [3.8, 4) is 0 Å². The molecular weight excluding hydrogens is 360 g/mol. The molecule has 3 heterocycles. The number of nitrogens with zero attached hydrogens (tertiary/aromatic N) is 3. The summed E-state index contributed by atoms with van der Waals surface area (Å²) in [5, 5.41) is 4.22. The van der Waals surface area contributed by atoms with E-state index in [9.17, 15) is 9.59 Å². The molecule has 2 aliphatic rings. The van der Waals surface area contributed by atoms with Gasteiger partial charge < -0.3 is 15.1 Å². The van der Waals surface area contributed by atoms with E-state index < -0.39 is 0 Å². The van der Waals surface area contributed by atoms with Crippen LogP contribution in [0.2, 0.25) is 0 Å². The predicted molar refractivity (Wildman–Crippen MR) is 107 cm³/mol. The molecule has 2 amide bonds. The zero-order chi connectivity index (χ0) is 18.6. The van der Waals surface area contributed by atoms with E-state index in [1.165, 1.54) is 4.70 Å². The highest BCUT2D eigenvalue weighted by Crippen LogP contribution is 2.23. The summed E-state index contributed by atoms with van der Waals surface area (Å²) in [4.78, 5) is 33.4. The van der Waals surface area contributed by atoms with Gasteiger partial charge in [0.25, 0.3) is 0 Å². The fraction of sp³-hybridized carbons (Fsp3) is 0.550. The number of hydrogen-bond acceptors (Lipinski definition) is 5. The van der Waals surface area contributed by atoms with Crippen molar-refractivity contribution in [2.75, 3.05) is 32.7 Å². The number of thiazole rings is 1. The van der Waals surface area contributed by atoms with Crippen LogP contribution >= 0.6 is 11.3 Å². The predicted octanol–water partition coefficient (Wildman–Crippen LogP) is 2.04. The number of carbonyl (C=O) groups is 2. The van der Waals surface area contributed by atoms with Crippen molar-refractivity contribution in [3.63, 3.8) is 0 Å². The summed E-state index contributed by atoms with van der Waals surface area (Å²) >= 11 is 1.72. The monoisotopic (exact) mass is 386 g/mol. The fourth-order valence-electron chi connectivity index (χ4n) is 4.02. The number of hydrogen-bond donors (Lipinski definition) is 1. The molecule has 0 radical (unpaired) electrons. The Balaban J connectivity index is 1.28. The zero-order valence-electron chi connectivity index (χ0n) is 15.5. The number of benzene rings is 1. The molecule has 1 unspecified atom stereocenters. The number of likely N-dealkylation sites (tertiary alicyclic amines) is 1. The summed E-state index contributed by atoms with van der Waals surface area (Å²) in [7, 11) is 0. The summed E-state index contributed by atoms with van der Waals surface area (Å²) in [5.41, 5.74) is 1.04. The first kappa shape index (κ1) is 18.4. The van der Waals surface area contributed by atoms with Crippen molar-refractivity contribution in [3.05, 3.63) is 29.3 Å². The normalized spacial score (nSPS) is 21.0. The minimum Gasteiger partial charge on any atom is -0.341 e. The first-order chi connectivity index (χ1) is 13.2. The lowest BCUT2D eigenvalue weighted by atomic mass is 10.0. The molecule has 144 valence electrons. The van der Waals surface area contributed by atoms with Crippen molar-refractivity contribution in [2.24, 2.45) is 0 Å². The topological polar surface area (TPSA) is 65.5 Å². The van der Waals surface area contributed by atoms with Gasteiger partial charge in [0.2, 0.25) is 11.8 Å². The van der Waals surface area contributed by atoms with Gasteiger partial charge in [0.15, 0.2) is 0 Å².